The van der Waals surface area contributed by atoms with Crippen LogP contribution in [0.4, 0.5) is 0 Å². The normalized spacial score (nSPS) is 12.0. The molecule has 0 amide bonds. The Hall–Kier alpha value is 0.680. The van der Waals surface area contributed by atoms with Crippen LogP contribution in [-0.2, 0) is 49.3 Å². The quantitative estimate of drug-likeness (QED) is 0.179. The summed E-state index contributed by atoms with van der Waals surface area (Å²) in [5, 5.41) is 0. The van der Waals surface area contributed by atoms with Crippen LogP contribution in [0.15, 0.2) is 0 Å². The van der Waals surface area contributed by atoms with Crippen molar-refractivity contribution in [3.05, 3.63) is 0 Å². The average molecular weight is 423 g/mol. The Morgan fingerprint density at radius 3 is 1.16 bits per heavy atom. The van der Waals surface area contributed by atoms with Crippen LogP contribution in [-0.4, -0.2) is 93.5 Å². The smallest absolute Gasteiger partial charge is 0.244 e. The van der Waals surface area contributed by atoms with Crippen molar-refractivity contribution in [1.82, 2.24) is 0 Å². The van der Waals surface area contributed by atoms with E-state index in [0.29, 0.717) is 79.3 Å². The first-order valence-corrected chi connectivity index (χ1v) is 11.8. The van der Waals surface area contributed by atoms with Crippen LogP contribution in [0.1, 0.15) is 0 Å². The Labute approximate surface area is 161 Å². The summed E-state index contributed by atoms with van der Waals surface area (Å²) in [6.07, 6.45) is 0. The monoisotopic (exact) mass is 422 g/mol. The van der Waals surface area contributed by atoms with Crippen molar-refractivity contribution in [2.45, 2.75) is 0 Å². The Bertz CT molecular complexity index is 299. The number of thiol groups is 1. The standard InChI is InChI=1S/C14H31O8PS2/c1-15-3-5-17-7-9-19-11-13-21-23(24,25)22-14-12-20-10-8-18-6-4-16-2/h3-14H2,1-2H3,(H,24,25). The van der Waals surface area contributed by atoms with Crippen LogP contribution in [0.2, 0.25) is 0 Å². The van der Waals surface area contributed by atoms with Gasteiger partial charge in [-0.05, 0) is 11.8 Å². The van der Waals surface area contributed by atoms with Gasteiger partial charge in [-0.1, -0.05) is 12.2 Å². The lowest BCUT2D eigenvalue weighted by molar-refractivity contribution is 0.0144. The van der Waals surface area contributed by atoms with E-state index in [9.17, 15) is 0 Å². The summed E-state index contributed by atoms with van der Waals surface area (Å²) in [7, 11) is 3.26. The first-order chi connectivity index (χ1) is 12.1. The van der Waals surface area contributed by atoms with E-state index in [2.05, 4.69) is 12.2 Å². The molecule has 0 bridgehead atoms. The molecule has 0 atom stereocenters. The summed E-state index contributed by atoms with van der Waals surface area (Å²) >= 11 is 9.43. The highest BCUT2D eigenvalue weighted by Gasteiger charge is 2.12. The molecule has 0 unspecified atom stereocenters. The molecule has 0 aromatic rings. The van der Waals surface area contributed by atoms with E-state index in [1.165, 1.54) is 0 Å². The summed E-state index contributed by atoms with van der Waals surface area (Å²) < 4.78 is 41.8. The molecule has 8 nitrogen and oxygen atoms in total. The van der Waals surface area contributed by atoms with E-state index >= 15 is 0 Å². The van der Waals surface area contributed by atoms with E-state index in [0.717, 1.165) is 0 Å². The van der Waals surface area contributed by atoms with Crippen molar-refractivity contribution in [3.8, 4) is 0 Å². The van der Waals surface area contributed by atoms with Crippen LogP contribution in [0.25, 0.3) is 0 Å². The molecule has 0 aliphatic carbocycles. The third-order valence-corrected chi connectivity index (χ3v) is 4.91. The van der Waals surface area contributed by atoms with Crippen molar-refractivity contribution in [2.24, 2.45) is 0 Å². The fraction of sp³-hybridized carbons (Fsp3) is 1.00. The zero-order chi connectivity index (χ0) is 18.6. The van der Waals surface area contributed by atoms with Gasteiger partial charge < -0.3 is 37.5 Å². The minimum atomic E-state index is -2.56. The first kappa shape index (κ1) is 25.7. The van der Waals surface area contributed by atoms with Crippen LogP contribution in [0, 0.1) is 0 Å². The molecule has 152 valence electrons. The molecule has 0 rings (SSSR count). The van der Waals surface area contributed by atoms with Gasteiger partial charge >= 0.3 is 0 Å². The van der Waals surface area contributed by atoms with Gasteiger partial charge in [-0.3, -0.25) is 0 Å². The van der Waals surface area contributed by atoms with Gasteiger partial charge in [-0.2, -0.15) is 0 Å². The van der Waals surface area contributed by atoms with Crippen molar-refractivity contribution >= 4 is 29.7 Å². The fourth-order valence-electron chi connectivity index (χ4n) is 1.39. The van der Waals surface area contributed by atoms with Crippen LogP contribution in [0.3, 0.4) is 0 Å². The average Bonchev–Trinajstić information content (AvgIpc) is 2.59. The number of hydrogen-bond acceptors (Lipinski definition) is 9. The van der Waals surface area contributed by atoms with Gasteiger partial charge in [-0.25, -0.2) is 0 Å². The van der Waals surface area contributed by atoms with Crippen molar-refractivity contribution in [2.75, 3.05) is 93.5 Å². The Morgan fingerprint density at radius 1 is 0.560 bits per heavy atom. The maximum atomic E-state index is 5.43. The first-order valence-electron chi connectivity index (χ1n) is 8.03. The number of ether oxygens (including phenoxy) is 6. The van der Waals surface area contributed by atoms with Crippen molar-refractivity contribution in [1.29, 1.82) is 0 Å². The Balaban J connectivity index is 3.34. The molecular weight excluding hydrogens is 391 g/mol. The van der Waals surface area contributed by atoms with E-state index in [-0.39, 0.29) is 0 Å². The Morgan fingerprint density at radius 2 is 0.840 bits per heavy atom. The summed E-state index contributed by atoms with van der Waals surface area (Å²) in [4.78, 5) is 0. The summed E-state index contributed by atoms with van der Waals surface area (Å²) in [5.74, 6) is 0. The summed E-state index contributed by atoms with van der Waals surface area (Å²) in [5.41, 5.74) is -2.56. The van der Waals surface area contributed by atoms with Crippen LogP contribution >= 0.6 is 17.9 Å². The second kappa shape index (κ2) is 19.4. The molecular formula is C14H31O8PS2. The molecule has 0 N–H and O–H groups in total. The van der Waals surface area contributed by atoms with Gasteiger partial charge in [0.15, 0.2) is 0 Å². The SMILES string of the molecule is COCCOCCOCCOP(=S)(S)OCCOCCOCCOC. The third kappa shape index (κ3) is 20.8. The molecule has 11 heteroatoms. The van der Waals surface area contributed by atoms with Gasteiger partial charge in [0.2, 0.25) is 5.69 Å². The molecule has 0 aromatic heterocycles. The maximum absolute atomic E-state index is 5.43. The zero-order valence-electron chi connectivity index (χ0n) is 15.1. The number of hydrogen-bond donors (Lipinski definition) is 1. The van der Waals surface area contributed by atoms with E-state index in [4.69, 9.17) is 49.3 Å². The minimum absolute atomic E-state index is 0.326. The minimum Gasteiger partial charge on any atom is -0.382 e. The van der Waals surface area contributed by atoms with Gasteiger partial charge in [0.1, 0.15) is 0 Å². The molecule has 0 aliphatic rings. The zero-order valence-corrected chi connectivity index (χ0v) is 17.7. The predicted octanol–water partition coefficient (Wildman–Crippen LogP) is 1.53. The topological polar surface area (TPSA) is 73.8 Å². The van der Waals surface area contributed by atoms with Gasteiger partial charge in [0.25, 0.3) is 0 Å². The van der Waals surface area contributed by atoms with Crippen molar-refractivity contribution < 1.29 is 37.5 Å². The highest BCUT2D eigenvalue weighted by Crippen LogP contribution is 2.53. The maximum Gasteiger partial charge on any atom is 0.244 e. The van der Waals surface area contributed by atoms with Crippen LogP contribution in [0.5, 0.6) is 0 Å². The fourth-order valence-corrected chi connectivity index (χ4v) is 3.01. The Kier molecular flexibility index (Phi) is 20.0. The molecule has 0 radical (unpaired) electrons. The van der Waals surface area contributed by atoms with Crippen LogP contribution < -0.4 is 0 Å². The highest BCUT2D eigenvalue weighted by atomic mass is 32.9. The van der Waals surface area contributed by atoms with Gasteiger partial charge in [0, 0.05) is 14.2 Å². The van der Waals surface area contributed by atoms with Gasteiger partial charge in [-0.15, -0.1) is 0 Å². The molecule has 0 saturated carbocycles. The highest BCUT2D eigenvalue weighted by molar-refractivity contribution is 8.60. The molecule has 0 saturated heterocycles. The second-order valence-electron chi connectivity index (χ2n) is 4.57. The lowest BCUT2D eigenvalue weighted by Gasteiger charge is -2.16. The summed E-state index contributed by atoms with van der Waals surface area (Å²) in [6.45, 7) is 5.75. The van der Waals surface area contributed by atoms with Gasteiger partial charge in [0.05, 0.1) is 79.3 Å². The van der Waals surface area contributed by atoms with E-state index in [1.54, 1.807) is 14.2 Å². The lowest BCUT2D eigenvalue weighted by Crippen LogP contribution is -2.12. The lowest BCUT2D eigenvalue weighted by atomic mass is 10.7. The molecule has 0 fully saturated rings. The third-order valence-electron chi connectivity index (χ3n) is 2.57. The largest absolute Gasteiger partial charge is 0.382 e. The molecule has 25 heavy (non-hydrogen) atoms. The molecule has 0 spiro atoms. The summed E-state index contributed by atoms with van der Waals surface area (Å²) in [6, 6.07) is 0. The second-order valence-corrected chi connectivity index (χ2v) is 9.86. The number of rotatable bonds is 20. The van der Waals surface area contributed by atoms with E-state index < -0.39 is 5.69 Å². The van der Waals surface area contributed by atoms with Crippen molar-refractivity contribution in [3.63, 3.8) is 0 Å². The number of methoxy groups -OCH3 is 2. The molecule has 0 aromatic carbocycles. The van der Waals surface area contributed by atoms with E-state index in [1.807, 2.05) is 0 Å². The molecule has 0 heterocycles. The molecule has 0 aliphatic heterocycles. The predicted molar refractivity (Wildman–Crippen MR) is 102 cm³/mol.